The maximum absolute atomic E-state index is 11.6. The molecule has 0 atom stereocenters. The molecule has 16 heavy (non-hydrogen) atoms. The van der Waals surface area contributed by atoms with Crippen molar-refractivity contribution in [2.24, 2.45) is 0 Å². The molecule has 0 radical (unpaired) electrons. The molecule has 0 bridgehead atoms. The van der Waals surface area contributed by atoms with Gasteiger partial charge in [0.1, 0.15) is 6.61 Å². The Morgan fingerprint density at radius 2 is 1.69 bits per heavy atom. The molecule has 1 rings (SSSR count). The standard InChI is InChI=1S/C10H11F3O3/c1-14-8-4-2-3-5-9(8)15-6-7-16-10(11,12)13/h2-5H,6-7H2,1H3. The normalized spacial score (nSPS) is 11.2. The first kappa shape index (κ1) is 12.6. The lowest BCUT2D eigenvalue weighted by atomic mass is 10.3. The van der Waals surface area contributed by atoms with Gasteiger partial charge in [-0.25, -0.2) is 0 Å². The molecule has 0 heterocycles. The van der Waals surface area contributed by atoms with Crippen LogP contribution in [-0.4, -0.2) is 26.7 Å². The van der Waals surface area contributed by atoms with Crippen LogP contribution >= 0.6 is 0 Å². The van der Waals surface area contributed by atoms with Crippen LogP contribution in [0.5, 0.6) is 11.5 Å². The Labute approximate surface area is 90.7 Å². The Morgan fingerprint density at radius 3 is 2.25 bits per heavy atom. The van der Waals surface area contributed by atoms with E-state index in [-0.39, 0.29) is 6.61 Å². The molecule has 0 aliphatic heterocycles. The number of methoxy groups -OCH3 is 1. The SMILES string of the molecule is COc1ccccc1OCCOC(F)(F)F. The number of para-hydroxylation sites is 2. The van der Waals surface area contributed by atoms with Gasteiger partial charge in [0.2, 0.25) is 0 Å². The van der Waals surface area contributed by atoms with Crippen LogP contribution in [0.3, 0.4) is 0 Å². The molecule has 0 N–H and O–H groups in total. The van der Waals surface area contributed by atoms with E-state index in [1.54, 1.807) is 24.3 Å². The number of hydrogen-bond donors (Lipinski definition) is 0. The number of alkyl halides is 3. The highest BCUT2D eigenvalue weighted by Gasteiger charge is 2.28. The van der Waals surface area contributed by atoms with Crippen LogP contribution in [-0.2, 0) is 4.74 Å². The van der Waals surface area contributed by atoms with E-state index in [4.69, 9.17) is 9.47 Å². The van der Waals surface area contributed by atoms with E-state index in [9.17, 15) is 13.2 Å². The second-order valence-electron chi connectivity index (χ2n) is 2.79. The van der Waals surface area contributed by atoms with Crippen LogP contribution in [0.15, 0.2) is 24.3 Å². The van der Waals surface area contributed by atoms with Gasteiger partial charge >= 0.3 is 6.36 Å². The number of halogens is 3. The van der Waals surface area contributed by atoms with Crippen LogP contribution in [0, 0.1) is 0 Å². The van der Waals surface area contributed by atoms with Gasteiger partial charge in [-0.3, -0.25) is 4.74 Å². The predicted molar refractivity (Wildman–Crippen MR) is 50.5 cm³/mol. The molecule has 0 aromatic heterocycles. The van der Waals surface area contributed by atoms with E-state index in [1.807, 2.05) is 0 Å². The van der Waals surface area contributed by atoms with Crippen molar-refractivity contribution < 1.29 is 27.4 Å². The third kappa shape index (κ3) is 4.39. The van der Waals surface area contributed by atoms with Crippen molar-refractivity contribution in [3.05, 3.63) is 24.3 Å². The summed E-state index contributed by atoms with van der Waals surface area (Å²) in [4.78, 5) is 0. The van der Waals surface area contributed by atoms with Gasteiger partial charge in [-0.05, 0) is 12.1 Å². The summed E-state index contributed by atoms with van der Waals surface area (Å²) in [6, 6.07) is 6.69. The average Bonchev–Trinajstić information content (AvgIpc) is 2.23. The van der Waals surface area contributed by atoms with E-state index >= 15 is 0 Å². The van der Waals surface area contributed by atoms with Crippen molar-refractivity contribution >= 4 is 0 Å². The fraction of sp³-hybridized carbons (Fsp3) is 0.400. The predicted octanol–water partition coefficient (Wildman–Crippen LogP) is 2.61. The van der Waals surface area contributed by atoms with Crippen LogP contribution < -0.4 is 9.47 Å². The Kier molecular flexibility index (Phi) is 4.42. The first-order valence-electron chi connectivity index (χ1n) is 4.49. The summed E-state index contributed by atoms with van der Waals surface area (Å²) in [5.74, 6) is 0.852. The van der Waals surface area contributed by atoms with E-state index in [2.05, 4.69) is 4.74 Å². The second kappa shape index (κ2) is 5.60. The number of ether oxygens (including phenoxy) is 3. The van der Waals surface area contributed by atoms with Gasteiger partial charge in [-0.15, -0.1) is 13.2 Å². The van der Waals surface area contributed by atoms with Gasteiger partial charge in [-0.1, -0.05) is 12.1 Å². The molecule has 0 aliphatic carbocycles. The fourth-order valence-electron chi connectivity index (χ4n) is 1.05. The van der Waals surface area contributed by atoms with Crippen LogP contribution in [0.25, 0.3) is 0 Å². The zero-order valence-corrected chi connectivity index (χ0v) is 8.58. The number of rotatable bonds is 5. The fourth-order valence-corrected chi connectivity index (χ4v) is 1.05. The smallest absolute Gasteiger partial charge is 0.493 e. The molecule has 0 spiro atoms. The van der Waals surface area contributed by atoms with Crippen molar-refractivity contribution in [3.8, 4) is 11.5 Å². The molecule has 1 aromatic rings. The first-order chi connectivity index (χ1) is 7.53. The van der Waals surface area contributed by atoms with Gasteiger partial charge in [0.15, 0.2) is 11.5 Å². The minimum atomic E-state index is -4.62. The molecule has 1 aromatic carbocycles. The monoisotopic (exact) mass is 236 g/mol. The zero-order valence-electron chi connectivity index (χ0n) is 8.58. The van der Waals surface area contributed by atoms with Gasteiger partial charge in [0, 0.05) is 0 Å². The third-order valence-electron chi connectivity index (χ3n) is 1.68. The lowest BCUT2D eigenvalue weighted by Crippen LogP contribution is -2.18. The third-order valence-corrected chi connectivity index (χ3v) is 1.68. The summed E-state index contributed by atoms with van der Waals surface area (Å²) >= 11 is 0. The van der Waals surface area contributed by atoms with Crippen LogP contribution in [0.4, 0.5) is 13.2 Å². The first-order valence-corrected chi connectivity index (χ1v) is 4.49. The Balaban J connectivity index is 2.37. The van der Waals surface area contributed by atoms with E-state index in [0.29, 0.717) is 11.5 Å². The molecule has 0 fully saturated rings. The largest absolute Gasteiger partial charge is 0.522 e. The molecule has 0 amide bonds. The summed E-state index contributed by atoms with van der Waals surface area (Å²) in [6.07, 6.45) is -4.62. The molecule has 0 saturated carbocycles. The lowest BCUT2D eigenvalue weighted by Gasteiger charge is -2.11. The second-order valence-corrected chi connectivity index (χ2v) is 2.79. The molecule has 90 valence electrons. The number of hydrogen-bond acceptors (Lipinski definition) is 3. The summed E-state index contributed by atoms with van der Waals surface area (Å²) in [5.41, 5.74) is 0. The highest BCUT2D eigenvalue weighted by molar-refractivity contribution is 5.39. The highest BCUT2D eigenvalue weighted by atomic mass is 19.4. The minimum absolute atomic E-state index is 0.195. The summed E-state index contributed by atoms with van der Waals surface area (Å²) in [5, 5.41) is 0. The zero-order chi connectivity index (χ0) is 12.0. The van der Waals surface area contributed by atoms with Crippen LogP contribution in [0.2, 0.25) is 0 Å². The van der Waals surface area contributed by atoms with E-state index in [1.165, 1.54) is 7.11 Å². The summed E-state index contributed by atoms with van der Waals surface area (Å²) in [6.45, 7) is -0.749. The maximum Gasteiger partial charge on any atom is 0.522 e. The average molecular weight is 236 g/mol. The maximum atomic E-state index is 11.6. The Bertz CT molecular complexity index is 325. The molecule has 3 nitrogen and oxygen atoms in total. The molecular formula is C10H11F3O3. The van der Waals surface area contributed by atoms with Gasteiger partial charge in [0.25, 0.3) is 0 Å². The lowest BCUT2D eigenvalue weighted by molar-refractivity contribution is -0.325. The van der Waals surface area contributed by atoms with E-state index in [0.717, 1.165) is 0 Å². The quantitative estimate of drug-likeness (QED) is 0.735. The molecule has 0 unspecified atom stereocenters. The van der Waals surface area contributed by atoms with Crippen molar-refractivity contribution in [2.75, 3.05) is 20.3 Å². The highest BCUT2D eigenvalue weighted by Crippen LogP contribution is 2.25. The van der Waals surface area contributed by atoms with Crippen LogP contribution in [0.1, 0.15) is 0 Å². The van der Waals surface area contributed by atoms with Crippen molar-refractivity contribution in [1.82, 2.24) is 0 Å². The number of benzene rings is 1. The van der Waals surface area contributed by atoms with Gasteiger partial charge in [-0.2, -0.15) is 0 Å². The Morgan fingerprint density at radius 1 is 1.06 bits per heavy atom. The van der Waals surface area contributed by atoms with Gasteiger partial charge < -0.3 is 9.47 Å². The molecule has 0 saturated heterocycles. The summed E-state index contributed by atoms with van der Waals surface area (Å²) in [7, 11) is 1.45. The molecule has 6 heteroatoms. The van der Waals surface area contributed by atoms with Gasteiger partial charge in [0.05, 0.1) is 13.7 Å². The molecule has 0 aliphatic rings. The minimum Gasteiger partial charge on any atom is -0.493 e. The van der Waals surface area contributed by atoms with Crippen molar-refractivity contribution in [3.63, 3.8) is 0 Å². The van der Waals surface area contributed by atoms with Crippen molar-refractivity contribution in [2.45, 2.75) is 6.36 Å². The van der Waals surface area contributed by atoms with Crippen molar-refractivity contribution in [1.29, 1.82) is 0 Å². The topological polar surface area (TPSA) is 27.7 Å². The summed E-state index contributed by atoms with van der Waals surface area (Å²) < 4.78 is 48.5. The van der Waals surface area contributed by atoms with E-state index < -0.39 is 13.0 Å². The molecular weight excluding hydrogens is 225 g/mol. The Hall–Kier alpha value is -1.43.